The summed E-state index contributed by atoms with van der Waals surface area (Å²) >= 11 is 3.11. The maximum absolute atomic E-state index is 11.0. The summed E-state index contributed by atoms with van der Waals surface area (Å²) in [5, 5.41) is 3.25. The zero-order chi connectivity index (χ0) is 10.5. The van der Waals surface area contributed by atoms with E-state index in [0.717, 1.165) is 13.1 Å². The van der Waals surface area contributed by atoms with E-state index in [1.165, 1.54) is 0 Å². The molecular formula is C9H19BrN2O. The summed E-state index contributed by atoms with van der Waals surface area (Å²) in [6.45, 7) is 5.97. The van der Waals surface area contributed by atoms with Crippen LogP contribution in [0.25, 0.3) is 0 Å². The molecule has 0 atom stereocenters. The summed E-state index contributed by atoms with van der Waals surface area (Å²) in [5.41, 5.74) is 0.126. The zero-order valence-corrected chi connectivity index (χ0v) is 10.4. The number of hydrogen-bond acceptors (Lipinski definition) is 2. The largest absolute Gasteiger partial charge is 0.355 e. The van der Waals surface area contributed by atoms with Crippen molar-refractivity contribution in [3.8, 4) is 0 Å². The quantitative estimate of drug-likeness (QED) is 0.742. The Morgan fingerprint density at radius 1 is 1.46 bits per heavy atom. The average Bonchev–Trinajstić information content (AvgIpc) is 1.98. The van der Waals surface area contributed by atoms with Crippen molar-refractivity contribution >= 4 is 21.8 Å². The highest BCUT2D eigenvalue weighted by atomic mass is 79.9. The van der Waals surface area contributed by atoms with E-state index < -0.39 is 0 Å². The highest BCUT2D eigenvalue weighted by molar-refractivity contribution is 9.09. The number of halogens is 1. The molecule has 0 spiro atoms. The first-order chi connectivity index (χ1) is 5.87. The smallest absolute Gasteiger partial charge is 0.230 e. The van der Waals surface area contributed by atoms with Gasteiger partial charge in [-0.25, -0.2) is 0 Å². The van der Waals surface area contributed by atoms with Gasteiger partial charge in [0, 0.05) is 13.1 Å². The van der Waals surface area contributed by atoms with Gasteiger partial charge in [0.2, 0.25) is 5.91 Å². The molecule has 0 aliphatic rings. The third kappa shape index (κ3) is 7.02. The number of rotatable bonds is 5. The third-order valence-electron chi connectivity index (χ3n) is 1.63. The van der Waals surface area contributed by atoms with Gasteiger partial charge in [-0.1, -0.05) is 29.8 Å². The van der Waals surface area contributed by atoms with Gasteiger partial charge in [-0.2, -0.15) is 0 Å². The Kier molecular flexibility index (Phi) is 5.56. The maximum atomic E-state index is 11.0. The van der Waals surface area contributed by atoms with Crippen LogP contribution in [0.3, 0.4) is 0 Å². The van der Waals surface area contributed by atoms with Crippen LogP contribution in [0.1, 0.15) is 13.8 Å². The highest BCUT2D eigenvalue weighted by Crippen LogP contribution is 2.13. The molecule has 78 valence electrons. The van der Waals surface area contributed by atoms with Gasteiger partial charge >= 0.3 is 0 Å². The van der Waals surface area contributed by atoms with Crippen molar-refractivity contribution in [2.24, 2.45) is 5.41 Å². The lowest BCUT2D eigenvalue weighted by molar-refractivity contribution is -0.118. The van der Waals surface area contributed by atoms with Gasteiger partial charge in [0.25, 0.3) is 0 Å². The van der Waals surface area contributed by atoms with E-state index in [9.17, 15) is 4.79 Å². The molecule has 0 aromatic rings. The van der Waals surface area contributed by atoms with Gasteiger partial charge in [0.1, 0.15) is 0 Å². The van der Waals surface area contributed by atoms with Gasteiger partial charge < -0.3 is 10.2 Å². The molecule has 0 aromatic heterocycles. The summed E-state index contributed by atoms with van der Waals surface area (Å²) < 4.78 is 0. The molecule has 0 aliphatic heterocycles. The predicted octanol–water partition coefficient (Wildman–Crippen LogP) is 1.09. The first-order valence-electron chi connectivity index (χ1n) is 4.35. The number of hydrogen-bond donors (Lipinski definition) is 1. The molecular weight excluding hydrogens is 232 g/mol. The molecule has 1 amide bonds. The summed E-state index contributed by atoms with van der Waals surface area (Å²) in [6.07, 6.45) is 0. The van der Waals surface area contributed by atoms with E-state index in [1.807, 2.05) is 14.1 Å². The summed E-state index contributed by atoms with van der Waals surface area (Å²) in [4.78, 5) is 13.1. The van der Waals surface area contributed by atoms with Crippen molar-refractivity contribution in [1.29, 1.82) is 0 Å². The van der Waals surface area contributed by atoms with Crippen molar-refractivity contribution in [3.63, 3.8) is 0 Å². The van der Waals surface area contributed by atoms with Gasteiger partial charge in [-0.05, 0) is 19.5 Å². The maximum Gasteiger partial charge on any atom is 0.230 e. The predicted molar refractivity (Wildman–Crippen MR) is 59.1 cm³/mol. The third-order valence-corrected chi connectivity index (χ3v) is 2.14. The Morgan fingerprint density at radius 2 is 2.00 bits per heavy atom. The Hall–Kier alpha value is -0.0900. The molecule has 0 radical (unpaired) electrons. The van der Waals surface area contributed by atoms with E-state index >= 15 is 0 Å². The van der Waals surface area contributed by atoms with Gasteiger partial charge in [-0.15, -0.1) is 0 Å². The Morgan fingerprint density at radius 3 is 2.38 bits per heavy atom. The van der Waals surface area contributed by atoms with Crippen LogP contribution < -0.4 is 5.32 Å². The fourth-order valence-electron chi connectivity index (χ4n) is 1.30. The molecule has 1 N–H and O–H groups in total. The monoisotopic (exact) mass is 250 g/mol. The van der Waals surface area contributed by atoms with Crippen molar-refractivity contribution in [1.82, 2.24) is 10.2 Å². The van der Waals surface area contributed by atoms with E-state index in [1.54, 1.807) is 0 Å². The second-order valence-corrected chi connectivity index (χ2v) is 4.87. The Bertz CT molecular complexity index is 169. The zero-order valence-electron chi connectivity index (χ0n) is 8.85. The number of nitrogens with zero attached hydrogens (tertiary/aromatic N) is 1. The van der Waals surface area contributed by atoms with E-state index in [-0.39, 0.29) is 11.3 Å². The van der Waals surface area contributed by atoms with Crippen molar-refractivity contribution in [3.05, 3.63) is 0 Å². The molecule has 13 heavy (non-hydrogen) atoms. The minimum absolute atomic E-state index is 0.0480. The minimum Gasteiger partial charge on any atom is -0.355 e. The van der Waals surface area contributed by atoms with Crippen LogP contribution in [0.2, 0.25) is 0 Å². The second-order valence-electron chi connectivity index (χ2n) is 4.31. The fourth-order valence-corrected chi connectivity index (χ4v) is 1.50. The van der Waals surface area contributed by atoms with Crippen LogP contribution in [-0.4, -0.2) is 43.3 Å². The number of alkyl halides is 1. The van der Waals surface area contributed by atoms with Crippen LogP contribution in [0.5, 0.6) is 0 Å². The summed E-state index contributed by atoms with van der Waals surface area (Å²) in [6, 6.07) is 0. The lowest BCUT2D eigenvalue weighted by atomic mass is 9.93. The molecule has 0 bridgehead atoms. The molecule has 0 aromatic carbocycles. The van der Waals surface area contributed by atoms with E-state index in [0.29, 0.717) is 5.33 Å². The topological polar surface area (TPSA) is 32.3 Å². The molecule has 0 unspecified atom stereocenters. The number of carbonyl (C=O) groups is 1. The fraction of sp³-hybridized carbons (Fsp3) is 0.889. The standard InChI is InChI=1S/C9H19BrN2O/c1-9(2,7-12(3)4)6-11-8(13)5-10/h5-7H2,1-4H3,(H,11,13). The van der Waals surface area contributed by atoms with Crippen LogP contribution in [0, 0.1) is 5.41 Å². The normalized spacial score (nSPS) is 11.8. The molecule has 3 nitrogen and oxygen atoms in total. The Balaban J connectivity index is 3.81. The van der Waals surface area contributed by atoms with Crippen molar-refractivity contribution in [2.45, 2.75) is 13.8 Å². The molecule has 0 fully saturated rings. The van der Waals surface area contributed by atoms with Crippen LogP contribution in [-0.2, 0) is 4.79 Å². The number of amides is 1. The lowest BCUT2D eigenvalue weighted by Gasteiger charge is -2.28. The first kappa shape index (κ1) is 12.9. The van der Waals surface area contributed by atoms with E-state index in [4.69, 9.17) is 0 Å². The van der Waals surface area contributed by atoms with Crippen molar-refractivity contribution < 1.29 is 4.79 Å². The second kappa shape index (κ2) is 5.60. The van der Waals surface area contributed by atoms with Gasteiger partial charge in [0.05, 0.1) is 5.33 Å². The summed E-state index contributed by atoms with van der Waals surface area (Å²) in [7, 11) is 4.07. The van der Waals surface area contributed by atoms with E-state index in [2.05, 4.69) is 40.0 Å². The molecule has 0 saturated heterocycles. The van der Waals surface area contributed by atoms with Crippen LogP contribution >= 0.6 is 15.9 Å². The molecule has 0 saturated carbocycles. The van der Waals surface area contributed by atoms with Gasteiger partial charge in [0.15, 0.2) is 0 Å². The molecule has 4 heteroatoms. The lowest BCUT2D eigenvalue weighted by Crippen LogP contribution is -2.40. The van der Waals surface area contributed by atoms with Crippen molar-refractivity contribution in [2.75, 3.05) is 32.5 Å². The number of carbonyl (C=O) groups excluding carboxylic acids is 1. The molecule has 0 heterocycles. The first-order valence-corrected chi connectivity index (χ1v) is 5.47. The van der Waals surface area contributed by atoms with Crippen LogP contribution in [0.4, 0.5) is 0 Å². The average molecular weight is 251 g/mol. The van der Waals surface area contributed by atoms with Gasteiger partial charge in [-0.3, -0.25) is 4.79 Å². The summed E-state index contributed by atoms with van der Waals surface area (Å²) in [5.74, 6) is 0.0480. The highest BCUT2D eigenvalue weighted by Gasteiger charge is 2.19. The molecule has 0 aliphatic carbocycles. The minimum atomic E-state index is 0.0480. The van der Waals surface area contributed by atoms with Crippen LogP contribution in [0.15, 0.2) is 0 Å². The Labute approximate surface area is 89.0 Å². The molecule has 0 rings (SSSR count). The SMILES string of the molecule is CN(C)CC(C)(C)CNC(=O)CBr. The number of nitrogens with one attached hydrogen (secondary N) is 1.